The van der Waals surface area contributed by atoms with Gasteiger partial charge in [-0.2, -0.15) is 0 Å². The Balaban J connectivity index is 1.75. The molecular formula is C16H17NOS. The van der Waals surface area contributed by atoms with Crippen LogP contribution in [0.3, 0.4) is 0 Å². The number of nitrogens with two attached hydrogens (primary N) is 1. The van der Waals surface area contributed by atoms with Crippen LogP contribution in [-0.2, 0) is 0 Å². The summed E-state index contributed by atoms with van der Waals surface area (Å²) in [6, 6.07) is 14.4. The predicted octanol–water partition coefficient (Wildman–Crippen LogP) is 3.85. The predicted molar refractivity (Wildman–Crippen MR) is 81.0 cm³/mol. The summed E-state index contributed by atoms with van der Waals surface area (Å²) in [5.74, 6) is 2.38. The highest BCUT2D eigenvalue weighted by Crippen LogP contribution is 2.39. The van der Waals surface area contributed by atoms with Crippen LogP contribution >= 0.6 is 11.8 Å². The Morgan fingerprint density at radius 3 is 2.89 bits per heavy atom. The van der Waals surface area contributed by atoms with Gasteiger partial charge in [0.05, 0.1) is 12.3 Å². The highest BCUT2D eigenvalue weighted by molar-refractivity contribution is 7.99. The summed E-state index contributed by atoms with van der Waals surface area (Å²) in [4.78, 5) is 1.38. The van der Waals surface area contributed by atoms with E-state index in [-0.39, 0.29) is 0 Å². The molecule has 3 rings (SSSR count). The minimum atomic E-state index is 0.459. The number of aryl methyl sites for hydroxylation is 1. The van der Waals surface area contributed by atoms with Gasteiger partial charge < -0.3 is 10.5 Å². The van der Waals surface area contributed by atoms with E-state index >= 15 is 0 Å². The van der Waals surface area contributed by atoms with Crippen molar-refractivity contribution in [2.45, 2.75) is 17.7 Å². The number of fused-ring (bicyclic) bond motifs is 1. The minimum Gasteiger partial charge on any atom is -0.490 e. The molecule has 2 N–H and O–H groups in total. The fourth-order valence-corrected chi connectivity index (χ4v) is 3.66. The first-order valence-electron chi connectivity index (χ1n) is 6.45. The van der Waals surface area contributed by atoms with Crippen LogP contribution in [0.15, 0.2) is 47.4 Å². The Morgan fingerprint density at radius 1 is 1.21 bits per heavy atom. The minimum absolute atomic E-state index is 0.459. The van der Waals surface area contributed by atoms with Crippen LogP contribution in [0.2, 0.25) is 0 Å². The maximum atomic E-state index is 5.97. The van der Waals surface area contributed by atoms with Gasteiger partial charge in [0, 0.05) is 16.6 Å². The fourth-order valence-electron chi connectivity index (χ4n) is 2.42. The molecule has 1 heterocycles. The van der Waals surface area contributed by atoms with Gasteiger partial charge in [-0.3, -0.25) is 0 Å². The molecule has 1 unspecified atom stereocenters. The molecule has 2 nitrogen and oxygen atoms in total. The van der Waals surface area contributed by atoms with E-state index < -0.39 is 0 Å². The first-order valence-corrected chi connectivity index (χ1v) is 7.44. The molecule has 0 bridgehead atoms. The van der Waals surface area contributed by atoms with Crippen LogP contribution < -0.4 is 10.5 Å². The Kier molecular flexibility index (Phi) is 3.38. The van der Waals surface area contributed by atoms with E-state index in [1.54, 1.807) is 0 Å². The lowest BCUT2D eigenvalue weighted by atomic mass is 10.0. The van der Waals surface area contributed by atoms with Crippen LogP contribution in [-0.4, -0.2) is 12.4 Å². The molecular weight excluding hydrogens is 254 g/mol. The van der Waals surface area contributed by atoms with E-state index in [0.29, 0.717) is 12.5 Å². The third-order valence-electron chi connectivity index (χ3n) is 3.47. The van der Waals surface area contributed by atoms with Crippen LogP contribution in [0, 0.1) is 6.92 Å². The van der Waals surface area contributed by atoms with Crippen LogP contribution in [0.25, 0.3) is 0 Å². The number of nitrogen functional groups attached to an aromatic ring is 1. The smallest absolute Gasteiger partial charge is 0.145 e. The number of benzene rings is 2. The van der Waals surface area contributed by atoms with E-state index in [1.807, 2.05) is 36.9 Å². The standard InChI is InChI=1S/C16H17NOS/c1-11-5-4-7-14(17)16(11)18-9-12-10-19-15-8-3-2-6-13(12)15/h2-8,12H,9-10,17H2,1H3. The van der Waals surface area contributed by atoms with Gasteiger partial charge in [0.25, 0.3) is 0 Å². The maximum absolute atomic E-state index is 5.97. The SMILES string of the molecule is Cc1cccc(N)c1OCC1CSc2ccccc21. The molecule has 0 radical (unpaired) electrons. The summed E-state index contributed by atoms with van der Waals surface area (Å²) in [6.07, 6.45) is 0. The molecule has 0 saturated heterocycles. The summed E-state index contributed by atoms with van der Waals surface area (Å²) in [7, 11) is 0. The summed E-state index contributed by atoms with van der Waals surface area (Å²) >= 11 is 1.91. The molecule has 19 heavy (non-hydrogen) atoms. The zero-order chi connectivity index (χ0) is 13.2. The second-order valence-electron chi connectivity index (χ2n) is 4.85. The molecule has 3 heteroatoms. The van der Waals surface area contributed by atoms with Crippen molar-refractivity contribution in [1.82, 2.24) is 0 Å². The molecule has 0 saturated carbocycles. The van der Waals surface area contributed by atoms with Crippen molar-refractivity contribution in [3.63, 3.8) is 0 Å². The van der Waals surface area contributed by atoms with Crippen molar-refractivity contribution in [2.75, 3.05) is 18.1 Å². The summed E-state index contributed by atoms with van der Waals surface area (Å²) in [5, 5.41) is 0. The quantitative estimate of drug-likeness (QED) is 0.861. The Hall–Kier alpha value is -1.61. The fraction of sp³-hybridized carbons (Fsp3) is 0.250. The first-order chi connectivity index (χ1) is 9.25. The molecule has 2 aromatic rings. The number of ether oxygens (including phenoxy) is 1. The number of para-hydroxylation sites is 1. The van der Waals surface area contributed by atoms with Crippen LogP contribution in [0.1, 0.15) is 17.0 Å². The third kappa shape index (κ3) is 2.43. The normalized spacial score (nSPS) is 17.2. The number of hydrogen-bond acceptors (Lipinski definition) is 3. The molecule has 0 aliphatic carbocycles. The van der Waals surface area contributed by atoms with Gasteiger partial charge in [-0.25, -0.2) is 0 Å². The number of hydrogen-bond donors (Lipinski definition) is 1. The molecule has 1 atom stereocenters. The van der Waals surface area contributed by atoms with E-state index in [9.17, 15) is 0 Å². The molecule has 98 valence electrons. The van der Waals surface area contributed by atoms with E-state index in [4.69, 9.17) is 10.5 Å². The lowest BCUT2D eigenvalue weighted by Crippen LogP contribution is -2.11. The van der Waals surface area contributed by atoms with Gasteiger partial charge in [-0.1, -0.05) is 30.3 Å². The summed E-state index contributed by atoms with van der Waals surface area (Å²) in [6.45, 7) is 2.72. The lowest BCUT2D eigenvalue weighted by molar-refractivity contribution is 0.297. The Labute approximate surface area is 118 Å². The zero-order valence-corrected chi connectivity index (χ0v) is 11.7. The second kappa shape index (κ2) is 5.17. The maximum Gasteiger partial charge on any atom is 0.145 e. The van der Waals surface area contributed by atoms with Crippen molar-refractivity contribution in [2.24, 2.45) is 0 Å². The largest absolute Gasteiger partial charge is 0.490 e. The monoisotopic (exact) mass is 271 g/mol. The summed E-state index contributed by atoms with van der Waals surface area (Å²) < 4.78 is 5.97. The van der Waals surface area contributed by atoms with Crippen molar-refractivity contribution in [3.05, 3.63) is 53.6 Å². The second-order valence-corrected chi connectivity index (χ2v) is 5.91. The van der Waals surface area contributed by atoms with Crippen LogP contribution in [0.5, 0.6) is 5.75 Å². The van der Waals surface area contributed by atoms with Crippen molar-refractivity contribution >= 4 is 17.4 Å². The molecule has 0 spiro atoms. The molecule has 2 aromatic carbocycles. The third-order valence-corrected chi connectivity index (χ3v) is 4.72. The van der Waals surface area contributed by atoms with E-state index in [2.05, 4.69) is 24.3 Å². The average molecular weight is 271 g/mol. The number of rotatable bonds is 3. The average Bonchev–Trinajstić information content (AvgIpc) is 2.82. The van der Waals surface area contributed by atoms with Gasteiger partial charge in [-0.05, 0) is 30.2 Å². The molecule has 0 amide bonds. The van der Waals surface area contributed by atoms with Crippen molar-refractivity contribution < 1.29 is 4.74 Å². The van der Waals surface area contributed by atoms with Gasteiger partial charge in [0.1, 0.15) is 5.75 Å². The highest BCUT2D eigenvalue weighted by Gasteiger charge is 2.23. The Morgan fingerprint density at radius 2 is 2.05 bits per heavy atom. The highest BCUT2D eigenvalue weighted by atomic mass is 32.2. The van der Waals surface area contributed by atoms with Crippen molar-refractivity contribution in [1.29, 1.82) is 0 Å². The van der Waals surface area contributed by atoms with Gasteiger partial charge >= 0.3 is 0 Å². The first kappa shape index (κ1) is 12.4. The van der Waals surface area contributed by atoms with Crippen LogP contribution in [0.4, 0.5) is 5.69 Å². The summed E-state index contributed by atoms with van der Waals surface area (Å²) in [5.41, 5.74) is 9.19. The number of anilines is 1. The molecule has 0 aromatic heterocycles. The van der Waals surface area contributed by atoms with Crippen molar-refractivity contribution in [3.8, 4) is 5.75 Å². The van der Waals surface area contributed by atoms with Gasteiger partial charge in [0.15, 0.2) is 0 Å². The molecule has 0 fully saturated rings. The van der Waals surface area contributed by atoms with Gasteiger partial charge in [-0.15, -0.1) is 11.8 Å². The Bertz CT molecular complexity index is 577. The molecule has 1 aliphatic heterocycles. The van der Waals surface area contributed by atoms with Gasteiger partial charge in [0.2, 0.25) is 0 Å². The zero-order valence-electron chi connectivity index (χ0n) is 10.9. The van der Waals surface area contributed by atoms with E-state index in [0.717, 1.165) is 22.8 Å². The topological polar surface area (TPSA) is 35.2 Å². The van der Waals surface area contributed by atoms with E-state index in [1.165, 1.54) is 10.5 Å². The number of thioether (sulfide) groups is 1. The lowest BCUT2D eigenvalue weighted by Gasteiger charge is -2.15. The molecule has 1 aliphatic rings.